The second-order valence-corrected chi connectivity index (χ2v) is 6.08. The molecule has 0 aliphatic carbocycles. The van der Waals surface area contributed by atoms with Gasteiger partial charge in [-0.25, -0.2) is 9.18 Å². The summed E-state index contributed by atoms with van der Waals surface area (Å²) in [6.07, 6.45) is 1.09. The quantitative estimate of drug-likeness (QED) is 0.894. The molecule has 1 fully saturated rings. The lowest BCUT2D eigenvalue weighted by Gasteiger charge is -2.30. The highest BCUT2D eigenvalue weighted by Crippen LogP contribution is 2.19. The van der Waals surface area contributed by atoms with Crippen LogP contribution in [0.1, 0.15) is 18.4 Å². The summed E-state index contributed by atoms with van der Waals surface area (Å²) in [5.74, 6) is 0.296. The maximum Gasteiger partial charge on any atom is 0.321 e. The number of piperidine rings is 1. The molecule has 5 nitrogen and oxygen atoms in total. The number of benzene rings is 2. The summed E-state index contributed by atoms with van der Waals surface area (Å²) in [5, 5.41) is 12.4. The highest BCUT2D eigenvalue weighted by Gasteiger charge is 2.21. The molecule has 0 bridgehead atoms. The van der Waals surface area contributed by atoms with Gasteiger partial charge in [0.25, 0.3) is 0 Å². The molecule has 6 heteroatoms. The number of hydrogen-bond acceptors (Lipinski definition) is 3. The third kappa shape index (κ3) is 4.70. The van der Waals surface area contributed by atoms with E-state index in [4.69, 9.17) is 4.74 Å². The van der Waals surface area contributed by atoms with Gasteiger partial charge in [0.15, 0.2) is 0 Å². The predicted octanol–water partition coefficient (Wildman–Crippen LogP) is 3.39. The van der Waals surface area contributed by atoms with Gasteiger partial charge in [-0.1, -0.05) is 18.2 Å². The molecule has 3 rings (SSSR count). The Hall–Kier alpha value is -2.60. The minimum absolute atomic E-state index is 0.143. The van der Waals surface area contributed by atoms with Crippen molar-refractivity contribution in [3.8, 4) is 5.75 Å². The summed E-state index contributed by atoms with van der Waals surface area (Å²) in [5.41, 5.74) is 1.13. The number of anilines is 1. The van der Waals surface area contributed by atoms with E-state index in [1.807, 2.05) is 0 Å². The maximum absolute atomic E-state index is 13.6. The first kappa shape index (κ1) is 17.2. The molecule has 1 aliphatic rings. The third-order valence-corrected chi connectivity index (χ3v) is 4.14. The fourth-order valence-corrected chi connectivity index (χ4v) is 2.75. The van der Waals surface area contributed by atoms with Gasteiger partial charge in [-0.05, 0) is 43.2 Å². The van der Waals surface area contributed by atoms with Crippen LogP contribution in [0, 0.1) is 5.82 Å². The second kappa shape index (κ2) is 7.98. The molecule has 1 atom stereocenters. The van der Waals surface area contributed by atoms with Gasteiger partial charge in [-0.2, -0.15) is 0 Å². The topological polar surface area (TPSA) is 61.8 Å². The number of rotatable bonds is 4. The number of β-amino-alcohol motifs (C(OH)–C–C–N with tert-alkyl or cyclic N) is 1. The zero-order chi connectivity index (χ0) is 17.6. The average Bonchev–Trinajstić information content (AvgIpc) is 2.62. The number of carbonyl (C=O) groups excluding carboxylic acids is 1. The Balaban J connectivity index is 1.53. The lowest BCUT2D eigenvalue weighted by molar-refractivity contribution is 0.0883. The molecule has 0 radical (unpaired) electrons. The molecular weight excluding hydrogens is 323 g/mol. The minimum Gasteiger partial charge on any atom is -0.489 e. The average molecular weight is 344 g/mol. The van der Waals surface area contributed by atoms with E-state index < -0.39 is 6.10 Å². The zero-order valence-corrected chi connectivity index (χ0v) is 13.8. The van der Waals surface area contributed by atoms with Crippen molar-refractivity contribution in [2.75, 3.05) is 18.4 Å². The second-order valence-electron chi connectivity index (χ2n) is 6.08. The summed E-state index contributed by atoms with van der Waals surface area (Å²) in [4.78, 5) is 13.8. The van der Waals surface area contributed by atoms with Gasteiger partial charge in [0.05, 0.1) is 6.10 Å². The van der Waals surface area contributed by atoms with Crippen LogP contribution < -0.4 is 10.1 Å². The Morgan fingerprint density at radius 1 is 1.24 bits per heavy atom. The molecule has 2 aromatic carbocycles. The SMILES string of the molecule is O=C(Nc1ccc(OCc2ccccc2F)cc1)N1CCC[C@H](O)C1. The van der Waals surface area contributed by atoms with Crippen LogP contribution in [0.5, 0.6) is 5.75 Å². The number of ether oxygens (including phenoxy) is 1. The molecule has 0 saturated carbocycles. The number of halogens is 1. The molecule has 1 heterocycles. The van der Waals surface area contributed by atoms with Crippen molar-refractivity contribution in [2.24, 2.45) is 0 Å². The Morgan fingerprint density at radius 2 is 2.00 bits per heavy atom. The molecule has 0 unspecified atom stereocenters. The van der Waals surface area contributed by atoms with Crippen LogP contribution in [0.3, 0.4) is 0 Å². The molecule has 0 aromatic heterocycles. The summed E-state index contributed by atoms with van der Waals surface area (Å²) in [7, 11) is 0. The van der Waals surface area contributed by atoms with E-state index in [9.17, 15) is 14.3 Å². The normalized spacial score (nSPS) is 17.2. The monoisotopic (exact) mass is 344 g/mol. The number of nitrogens with one attached hydrogen (secondary N) is 1. The highest BCUT2D eigenvalue weighted by atomic mass is 19.1. The fraction of sp³-hybridized carbons (Fsp3) is 0.316. The Kier molecular flexibility index (Phi) is 5.50. The van der Waals surface area contributed by atoms with E-state index in [0.29, 0.717) is 30.1 Å². The van der Waals surface area contributed by atoms with Crippen LogP contribution in [0.25, 0.3) is 0 Å². The standard InChI is InChI=1S/C19H21FN2O3/c20-18-6-2-1-4-14(18)13-25-17-9-7-15(8-10-17)21-19(24)22-11-3-5-16(23)12-22/h1-2,4,6-10,16,23H,3,5,11-13H2,(H,21,24)/t16-/m0/s1. The number of aliphatic hydroxyl groups excluding tert-OH is 1. The van der Waals surface area contributed by atoms with Crippen LogP contribution in [0.4, 0.5) is 14.9 Å². The fourth-order valence-electron chi connectivity index (χ4n) is 2.75. The van der Waals surface area contributed by atoms with E-state index in [2.05, 4.69) is 5.32 Å². The van der Waals surface area contributed by atoms with Gasteiger partial charge >= 0.3 is 6.03 Å². The summed E-state index contributed by atoms with van der Waals surface area (Å²) >= 11 is 0. The van der Waals surface area contributed by atoms with Crippen molar-refractivity contribution in [2.45, 2.75) is 25.6 Å². The van der Waals surface area contributed by atoms with Crippen molar-refractivity contribution in [1.82, 2.24) is 4.90 Å². The summed E-state index contributed by atoms with van der Waals surface area (Å²) in [6, 6.07) is 13.2. The minimum atomic E-state index is -0.450. The maximum atomic E-state index is 13.6. The molecule has 2 aromatic rings. The largest absolute Gasteiger partial charge is 0.489 e. The molecule has 0 spiro atoms. The Labute approximate surface area is 146 Å². The van der Waals surface area contributed by atoms with Crippen LogP contribution in [-0.2, 0) is 6.61 Å². The molecular formula is C19H21FN2O3. The van der Waals surface area contributed by atoms with Crippen LogP contribution in [0.15, 0.2) is 48.5 Å². The first-order valence-corrected chi connectivity index (χ1v) is 8.32. The van der Waals surface area contributed by atoms with Crippen molar-refractivity contribution in [3.63, 3.8) is 0 Å². The van der Waals surface area contributed by atoms with E-state index in [1.54, 1.807) is 47.4 Å². The number of amides is 2. The summed E-state index contributed by atoms with van der Waals surface area (Å²) in [6.45, 7) is 1.15. The number of carbonyl (C=O) groups is 1. The van der Waals surface area contributed by atoms with Crippen molar-refractivity contribution in [3.05, 3.63) is 59.9 Å². The number of likely N-dealkylation sites (tertiary alicyclic amines) is 1. The summed E-state index contributed by atoms with van der Waals surface area (Å²) < 4.78 is 19.1. The molecule has 25 heavy (non-hydrogen) atoms. The van der Waals surface area contributed by atoms with Gasteiger partial charge in [0, 0.05) is 24.3 Å². The number of urea groups is 1. The highest BCUT2D eigenvalue weighted by molar-refractivity contribution is 5.89. The molecule has 1 saturated heterocycles. The predicted molar refractivity (Wildman–Crippen MR) is 93.0 cm³/mol. The third-order valence-electron chi connectivity index (χ3n) is 4.14. The Morgan fingerprint density at radius 3 is 2.72 bits per heavy atom. The van der Waals surface area contributed by atoms with Gasteiger partial charge in [0.2, 0.25) is 0 Å². The molecule has 2 N–H and O–H groups in total. The molecule has 2 amide bonds. The van der Waals surface area contributed by atoms with Crippen LogP contribution >= 0.6 is 0 Å². The Bertz CT molecular complexity index is 721. The van der Waals surface area contributed by atoms with E-state index in [1.165, 1.54) is 6.07 Å². The first-order chi connectivity index (χ1) is 12.1. The van der Waals surface area contributed by atoms with Crippen LogP contribution in [-0.4, -0.2) is 35.2 Å². The number of nitrogens with zero attached hydrogens (tertiary/aromatic N) is 1. The van der Waals surface area contributed by atoms with Gasteiger partial charge < -0.3 is 20.1 Å². The first-order valence-electron chi connectivity index (χ1n) is 8.32. The van der Waals surface area contributed by atoms with E-state index >= 15 is 0 Å². The van der Waals surface area contributed by atoms with Gasteiger partial charge in [0.1, 0.15) is 18.2 Å². The van der Waals surface area contributed by atoms with Crippen LogP contribution in [0.2, 0.25) is 0 Å². The van der Waals surface area contributed by atoms with Crippen molar-refractivity contribution < 1.29 is 19.0 Å². The van der Waals surface area contributed by atoms with E-state index in [-0.39, 0.29) is 18.5 Å². The zero-order valence-electron chi connectivity index (χ0n) is 13.8. The van der Waals surface area contributed by atoms with Crippen molar-refractivity contribution >= 4 is 11.7 Å². The molecule has 132 valence electrons. The number of aliphatic hydroxyl groups is 1. The lowest BCUT2D eigenvalue weighted by atomic mass is 10.1. The lowest BCUT2D eigenvalue weighted by Crippen LogP contribution is -2.44. The number of hydrogen-bond donors (Lipinski definition) is 2. The van der Waals surface area contributed by atoms with Gasteiger partial charge in [-0.3, -0.25) is 0 Å². The van der Waals surface area contributed by atoms with Gasteiger partial charge in [-0.15, -0.1) is 0 Å². The molecule has 1 aliphatic heterocycles. The smallest absolute Gasteiger partial charge is 0.321 e. The van der Waals surface area contributed by atoms with E-state index in [0.717, 1.165) is 12.8 Å². The van der Waals surface area contributed by atoms with Crippen molar-refractivity contribution in [1.29, 1.82) is 0 Å².